The first-order chi connectivity index (χ1) is 14.9. The summed E-state index contributed by atoms with van der Waals surface area (Å²) in [5.41, 5.74) is 5.12. The third-order valence-corrected chi connectivity index (χ3v) is 5.06. The number of carbonyl (C=O) groups is 3. The highest BCUT2D eigenvalue weighted by molar-refractivity contribution is 6.30. The lowest BCUT2D eigenvalue weighted by Crippen LogP contribution is -2.43. The minimum absolute atomic E-state index is 0.131. The van der Waals surface area contributed by atoms with Gasteiger partial charge in [-0.1, -0.05) is 11.6 Å². The maximum absolute atomic E-state index is 12.5. The van der Waals surface area contributed by atoms with Gasteiger partial charge in [-0.2, -0.15) is 0 Å². The maximum Gasteiger partial charge on any atom is 0.338 e. The molecule has 31 heavy (non-hydrogen) atoms. The molecular formula is C21H17ClN4O5. The summed E-state index contributed by atoms with van der Waals surface area (Å²) in [5.74, 6) is -1.32. The molecule has 2 heterocycles. The summed E-state index contributed by atoms with van der Waals surface area (Å²) >= 11 is 5.76. The molecule has 0 atom stereocenters. The van der Waals surface area contributed by atoms with Gasteiger partial charge >= 0.3 is 5.97 Å². The average Bonchev–Trinajstić information content (AvgIpc) is 3.25. The third kappa shape index (κ3) is 4.41. The first-order valence-corrected chi connectivity index (χ1v) is 9.85. The van der Waals surface area contributed by atoms with Gasteiger partial charge in [-0.3, -0.25) is 29.8 Å². The second-order valence-corrected chi connectivity index (χ2v) is 7.34. The van der Waals surface area contributed by atoms with E-state index in [9.17, 15) is 19.2 Å². The zero-order chi connectivity index (χ0) is 22.0. The van der Waals surface area contributed by atoms with E-state index in [1.54, 1.807) is 16.7 Å². The van der Waals surface area contributed by atoms with E-state index in [-0.39, 0.29) is 11.1 Å². The number of nitrogens with one attached hydrogen (secondary N) is 2. The Morgan fingerprint density at radius 1 is 1.06 bits per heavy atom. The van der Waals surface area contributed by atoms with Gasteiger partial charge in [0.2, 0.25) is 0 Å². The second kappa shape index (κ2) is 8.57. The lowest BCUT2D eigenvalue weighted by Gasteiger charge is -2.09. The van der Waals surface area contributed by atoms with E-state index in [0.29, 0.717) is 40.3 Å². The normalized spacial score (nSPS) is 12.3. The van der Waals surface area contributed by atoms with E-state index in [0.717, 1.165) is 6.42 Å². The minimum Gasteiger partial charge on any atom is -0.452 e. The van der Waals surface area contributed by atoms with E-state index in [1.165, 1.54) is 30.3 Å². The van der Waals surface area contributed by atoms with Gasteiger partial charge in [-0.25, -0.2) is 9.78 Å². The monoisotopic (exact) mass is 440 g/mol. The van der Waals surface area contributed by atoms with E-state index in [1.807, 2.05) is 0 Å². The molecule has 0 saturated heterocycles. The van der Waals surface area contributed by atoms with Crippen LogP contribution in [0.2, 0.25) is 5.02 Å². The Kier molecular flexibility index (Phi) is 5.68. The smallest absolute Gasteiger partial charge is 0.338 e. The summed E-state index contributed by atoms with van der Waals surface area (Å²) in [5, 5.41) is 0.899. The topological polar surface area (TPSA) is 119 Å². The zero-order valence-corrected chi connectivity index (χ0v) is 16.9. The van der Waals surface area contributed by atoms with Crippen LogP contribution in [0, 0.1) is 0 Å². The van der Waals surface area contributed by atoms with Gasteiger partial charge in [0, 0.05) is 23.6 Å². The molecule has 0 unspecified atom stereocenters. The maximum atomic E-state index is 12.5. The number of fused-ring (bicyclic) bond motifs is 2. The Labute approximate surface area is 181 Å². The standard InChI is InChI=1S/C21H17ClN4O5/c22-14-6-3-12(4-7-14)19(28)25-24-18(27)11-31-21(30)13-5-8-15-16(10-13)23-17-2-1-9-26(17)20(15)29/h3-8,10H,1-2,9,11H2,(H,24,27)(H,25,28). The Morgan fingerprint density at radius 2 is 1.81 bits per heavy atom. The molecule has 9 nitrogen and oxygen atoms in total. The van der Waals surface area contributed by atoms with Crippen molar-refractivity contribution in [3.05, 3.63) is 74.8 Å². The van der Waals surface area contributed by atoms with Gasteiger partial charge in [-0.15, -0.1) is 0 Å². The van der Waals surface area contributed by atoms with Crippen LogP contribution in [0.4, 0.5) is 0 Å². The number of hydrazine groups is 1. The number of aryl methyl sites for hydroxylation is 1. The summed E-state index contributed by atoms with van der Waals surface area (Å²) in [6.45, 7) is 0.0443. The predicted octanol–water partition coefficient (Wildman–Crippen LogP) is 1.61. The molecular weight excluding hydrogens is 424 g/mol. The molecule has 158 valence electrons. The Balaban J connectivity index is 1.35. The van der Waals surface area contributed by atoms with Crippen molar-refractivity contribution in [2.75, 3.05) is 6.61 Å². The van der Waals surface area contributed by atoms with Crippen LogP contribution in [0.15, 0.2) is 47.3 Å². The van der Waals surface area contributed by atoms with Crippen LogP contribution < -0.4 is 16.4 Å². The van der Waals surface area contributed by atoms with Crippen LogP contribution in [0.25, 0.3) is 10.9 Å². The summed E-state index contributed by atoms with van der Waals surface area (Å²) in [6.07, 6.45) is 1.57. The molecule has 0 fully saturated rings. The van der Waals surface area contributed by atoms with Crippen LogP contribution in [-0.4, -0.2) is 33.9 Å². The Hall–Kier alpha value is -3.72. The number of nitrogens with zero attached hydrogens (tertiary/aromatic N) is 2. The van der Waals surface area contributed by atoms with Crippen molar-refractivity contribution in [3.8, 4) is 0 Å². The number of rotatable bonds is 4. The third-order valence-electron chi connectivity index (χ3n) is 4.81. The van der Waals surface area contributed by atoms with Crippen molar-refractivity contribution in [1.82, 2.24) is 20.4 Å². The molecule has 1 aliphatic heterocycles. The molecule has 0 saturated carbocycles. The Morgan fingerprint density at radius 3 is 2.58 bits per heavy atom. The van der Waals surface area contributed by atoms with E-state index < -0.39 is 24.4 Å². The molecule has 0 bridgehead atoms. The highest BCUT2D eigenvalue weighted by Crippen LogP contribution is 2.16. The fraction of sp³-hybridized carbons (Fsp3) is 0.190. The molecule has 0 spiro atoms. The fourth-order valence-corrected chi connectivity index (χ4v) is 3.39. The highest BCUT2D eigenvalue weighted by atomic mass is 35.5. The SMILES string of the molecule is O=C(COC(=O)c1ccc2c(=O)n3c(nc2c1)CCC3)NNC(=O)c1ccc(Cl)cc1. The first kappa shape index (κ1) is 20.5. The molecule has 1 aliphatic rings. The van der Waals surface area contributed by atoms with E-state index in [2.05, 4.69) is 15.8 Å². The minimum atomic E-state index is -0.747. The number of amides is 2. The average molecular weight is 441 g/mol. The molecule has 1 aromatic heterocycles. The number of esters is 1. The number of aromatic nitrogens is 2. The molecule has 0 radical (unpaired) electrons. The molecule has 3 aromatic rings. The van der Waals surface area contributed by atoms with Crippen molar-refractivity contribution in [2.45, 2.75) is 19.4 Å². The van der Waals surface area contributed by atoms with Crippen molar-refractivity contribution in [2.24, 2.45) is 0 Å². The molecule has 2 N–H and O–H groups in total. The molecule has 2 amide bonds. The Bertz CT molecular complexity index is 1250. The van der Waals surface area contributed by atoms with Gasteiger partial charge in [0.25, 0.3) is 17.4 Å². The van der Waals surface area contributed by atoms with Gasteiger partial charge in [-0.05, 0) is 48.9 Å². The molecule has 10 heteroatoms. The van der Waals surface area contributed by atoms with Crippen LogP contribution in [-0.2, 0) is 22.5 Å². The summed E-state index contributed by atoms with van der Waals surface area (Å²) in [4.78, 5) is 53.0. The van der Waals surface area contributed by atoms with Crippen molar-refractivity contribution in [1.29, 1.82) is 0 Å². The van der Waals surface area contributed by atoms with Crippen molar-refractivity contribution < 1.29 is 19.1 Å². The fourth-order valence-electron chi connectivity index (χ4n) is 3.26. The number of ether oxygens (including phenoxy) is 1. The number of hydrogen-bond acceptors (Lipinski definition) is 6. The van der Waals surface area contributed by atoms with E-state index in [4.69, 9.17) is 16.3 Å². The summed E-state index contributed by atoms with van der Waals surface area (Å²) in [6, 6.07) is 10.5. The van der Waals surface area contributed by atoms with E-state index >= 15 is 0 Å². The number of hydrogen-bond donors (Lipinski definition) is 2. The molecule has 2 aromatic carbocycles. The van der Waals surface area contributed by atoms with Gasteiger partial charge in [0.15, 0.2) is 6.61 Å². The van der Waals surface area contributed by atoms with Gasteiger partial charge in [0.1, 0.15) is 5.82 Å². The van der Waals surface area contributed by atoms with Crippen LogP contribution in [0.1, 0.15) is 33.0 Å². The van der Waals surface area contributed by atoms with Crippen molar-refractivity contribution in [3.63, 3.8) is 0 Å². The quantitative estimate of drug-likeness (QED) is 0.470. The number of benzene rings is 2. The van der Waals surface area contributed by atoms with Crippen molar-refractivity contribution >= 4 is 40.3 Å². The second-order valence-electron chi connectivity index (χ2n) is 6.91. The number of carbonyl (C=O) groups excluding carboxylic acids is 3. The predicted molar refractivity (Wildman–Crippen MR) is 112 cm³/mol. The largest absolute Gasteiger partial charge is 0.452 e. The van der Waals surface area contributed by atoms with Crippen LogP contribution in [0.5, 0.6) is 0 Å². The summed E-state index contributed by atoms with van der Waals surface area (Å²) < 4.78 is 6.63. The lowest BCUT2D eigenvalue weighted by molar-refractivity contribution is -0.125. The van der Waals surface area contributed by atoms with Crippen LogP contribution in [0.3, 0.4) is 0 Å². The summed E-state index contributed by atoms with van der Waals surface area (Å²) in [7, 11) is 0. The highest BCUT2D eigenvalue weighted by Gasteiger charge is 2.18. The van der Waals surface area contributed by atoms with Crippen LogP contribution >= 0.6 is 11.6 Å². The van der Waals surface area contributed by atoms with Gasteiger partial charge in [0.05, 0.1) is 16.5 Å². The zero-order valence-electron chi connectivity index (χ0n) is 16.2. The number of halogens is 1. The first-order valence-electron chi connectivity index (χ1n) is 9.48. The molecule has 0 aliphatic carbocycles. The molecule has 4 rings (SSSR count). The lowest BCUT2D eigenvalue weighted by atomic mass is 10.1. The van der Waals surface area contributed by atoms with Gasteiger partial charge < -0.3 is 4.74 Å².